The van der Waals surface area contributed by atoms with Gasteiger partial charge in [-0.3, -0.25) is 14.5 Å². The molecule has 1 aromatic heterocycles. The summed E-state index contributed by atoms with van der Waals surface area (Å²) < 4.78 is 40.1. The highest BCUT2D eigenvalue weighted by atomic mass is 19.4. The van der Waals surface area contributed by atoms with Crippen LogP contribution in [0.2, 0.25) is 0 Å². The van der Waals surface area contributed by atoms with Crippen molar-refractivity contribution in [1.29, 1.82) is 0 Å². The molecule has 2 aliphatic rings. The maximum Gasteiger partial charge on any atom is 0.416 e. The lowest BCUT2D eigenvalue weighted by atomic mass is 9.85. The van der Waals surface area contributed by atoms with Gasteiger partial charge in [0.2, 0.25) is 5.91 Å². The second kappa shape index (κ2) is 9.14. The van der Waals surface area contributed by atoms with Crippen LogP contribution in [0.5, 0.6) is 0 Å². The molecule has 2 aromatic rings. The first kappa shape index (κ1) is 23.2. The maximum absolute atomic E-state index is 12.8. The number of benzene rings is 1. The standard InChI is InChI=1S/C22H26F3N5O3/c23-22(24,25)16-3-1-2-15(10-16)20(32)27-11-19(31)28-17-12-29(13-17)18-4-6-21(33,7-5-18)30-9-8-26-14-30/h1-3,8-10,14,17-18,33H,4-7,11-13H2,(H,27,32)(H,28,31). The van der Waals surface area contributed by atoms with Crippen molar-refractivity contribution in [3.8, 4) is 0 Å². The Morgan fingerprint density at radius 3 is 2.58 bits per heavy atom. The summed E-state index contributed by atoms with van der Waals surface area (Å²) in [6.45, 7) is 1.05. The zero-order valence-corrected chi connectivity index (χ0v) is 17.9. The summed E-state index contributed by atoms with van der Waals surface area (Å²) in [6, 6.07) is 4.36. The van der Waals surface area contributed by atoms with E-state index in [-0.39, 0.29) is 18.2 Å². The minimum absolute atomic E-state index is 0.0441. The average Bonchev–Trinajstić information content (AvgIpc) is 3.31. The molecule has 11 heteroatoms. The second-order valence-corrected chi connectivity index (χ2v) is 8.66. The summed E-state index contributed by atoms with van der Waals surface area (Å²) in [5.41, 5.74) is -1.97. The third kappa shape index (κ3) is 5.36. The minimum atomic E-state index is -4.54. The van der Waals surface area contributed by atoms with Crippen molar-refractivity contribution in [2.75, 3.05) is 19.6 Å². The number of nitrogens with zero attached hydrogens (tertiary/aromatic N) is 3. The van der Waals surface area contributed by atoms with E-state index < -0.39 is 29.3 Å². The predicted molar refractivity (Wildman–Crippen MR) is 112 cm³/mol. The fraction of sp³-hybridized carbons (Fsp3) is 0.500. The van der Waals surface area contributed by atoms with Crippen LogP contribution in [0, 0.1) is 0 Å². The van der Waals surface area contributed by atoms with E-state index in [4.69, 9.17) is 0 Å². The van der Waals surface area contributed by atoms with Crippen LogP contribution in [0.1, 0.15) is 41.6 Å². The number of halogens is 3. The van der Waals surface area contributed by atoms with E-state index in [2.05, 4.69) is 20.5 Å². The molecule has 4 rings (SSSR count). The van der Waals surface area contributed by atoms with E-state index in [0.717, 1.165) is 31.0 Å². The number of hydrogen-bond donors (Lipinski definition) is 3. The Bertz CT molecular complexity index is 981. The van der Waals surface area contributed by atoms with Crippen LogP contribution in [-0.2, 0) is 16.7 Å². The third-order valence-electron chi connectivity index (χ3n) is 6.39. The number of amides is 2. The molecule has 0 bridgehead atoms. The van der Waals surface area contributed by atoms with Crippen LogP contribution in [0.15, 0.2) is 43.0 Å². The Kier molecular flexibility index (Phi) is 6.44. The molecule has 0 atom stereocenters. The number of aromatic nitrogens is 2. The number of imidazole rings is 1. The van der Waals surface area contributed by atoms with E-state index in [1.165, 1.54) is 6.07 Å². The second-order valence-electron chi connectivity index (χ2n) is 8.66. The normalized spacial score (nSPS) is 24.2. The highest BCUT2D eigenvalue weighted by Crippen LogP contribution is 2.35. The molecule has 3 N–H and O–H groups in total. The molecule has 8 nitrogen and oxygen atoms in total. The smallest absolute Gasteiger partial charge is 0.370 e. The lowest BCUT2D eigenvalue weighted by Gasteiger charge is -2.48. The van der Waals surface area contributed by atoms with Gasteiger partial charge in [-0.15, -0.1) is 0 Å². The van der Waals surface area contributed by atoms with Crippen molar-refractivity contribution in [2.45, 2.75) is 49.7 Å². The van der Waals surface area contributed by atoms with Gasteiger partial charge in [0.25, 0.3) is 5.91 Å². The first-order valence-corrected chi connectivity index (χ1v) is 10.8. The van der Waals surface area contributed by atoms with Gasteiger partial charge in [0.05, 0.1) is 24.5 Å². The fourth-order valence-electron chi connectivity index (χ4n) is 4.47. The lowest BCUT2D eigenvalue weighted by Crippen LogP contribution is -2.63. The maximum atomic E-state index is 12.8. The average molecular weight is 465 g/mol. The van der Waals surface area contributed by atoms with Crippen molar-refractivity contribution in [1.82, 2.24) is 25.1 Å². The molecule has 33 heavy (non-hydrogen) atoms. The van der Waals surface area contributed by atoms with E-state index in [1.807, 2.05) is 0 Å². The van der Waals surface area contributed by atoms with Crippen LogP contribution in [0.25, 0.3) is 0 Å². The van der Waals surface area contributed by atoms with Gasteiger partial charge in [-0.05, 0) is 43.9 Å². The fourth-order valence-corrected chi connectivity index (χ4v) is 4.47. The van der Waals surface area contributed by atoms with E-state index in [0.29, 0.717) is 32.0 Å². The zero-order valence-electron chi connectivity index (χ0n) is 17.9. The van der Waals surface area contributed by atoms with Crippen molar-refractivity contribution in [3.63, 3.8) is 0 Å². The van der Waals surface area contributed by atoms with Gasteiger partial charge in [-0.2, -0.15) is 13.2 Å². The highest BCUT2D eigenvalue weighted by molar-refractivity contribution is 5.96. The molecule has 1 saturated heterocycles. The van der Waals surface area contributed by atoms with Crippen LogP contribution in [0.3, 0.4) is 0 Å². The quantitative estimate of drug-likeness (QED) is 0.604. The summed E-state index contributed by atoms with van der Waals surface area (Å²) in [5, 5.41) is 16.0. The van der Waals surface area contributed by atoms with Crippen LogP contribution >= 0.6 is 0 Å². The molecule has 2 heterocycles. The number of carbonyl (C=O) groups excluding carboxylic acids is 2. The van der Waals surface area contributed by atoms with Gasteiger partial charge in [-0.1, -0.05) is 6.07 Å². The molecule has 2 fully saturated rings. The van der Waals surface area contributed by atoms with Crippen molar-refractivity contribution in [2.24, 2.45) is 0 Å². The molecular formula is C22H26F3N5O3. The SMILES string of the molecule is O=C(CNC(=O)c1cccc(C(F)(F)F)c1)NC1CN(C2CCC(O)(n3ccnc3)CC2)C1. The lowest BCUT2D eigenvalue weighted by molar-refractivity contribution is -0.137. The summed E-state index contributed by atoms with van der Waals surface area (Å²) in [5.74, 6) is -1.13. The summed E-state index contributed by atoms with van der Waals surface area (Å²) >= 11 is 0. The predicted octanol–water partition coefficient (Wildman–Crippen LogP) is 1.72. The van der Waals surface area contributed by atoms with E-state index in [1.54, 1.807) is 23.3 Å². The Morgan fingerprint density at radius 1 is 1.21 bits per heavy atom. The monoisotopic (exact) mass is 465 g/mol. The number of likely N-dealkylation sites (tertiary alicyclic amines) is 1. The van der Waals surface area contributed by atoms with Gasteiger partial charge >= 0.3 is 6.18 Å². The Labute approximate surface area is 188 Å². The molecule has 1 saturated carbocycles. The van der Waals surface area contributed by atoms with Crippen molar-refractivity contribution < 1.29 is 27.9 Å². The number of aliphatic hydroxyl groups is 1. The van der Waals surface area contributed by atoms with Crippen LogP contribution < -0.4 is 10.6 Å². The van der Waals surface area contributed by atoms with Crippen LogP contribution in [0.4, 0.5) is 13.2 Å². The number of alkyl halides is 3. The molecular weight excluding hydrogens is 439 g/mol. The number of carbonyl (C=O) groups is 2. The third-order valence-corrected chi connectivity index (χ3v) is 6.39. The molecule has 0 unspecified atom stereocenters. The van der Waals surface area contributed by atoms with Gasteiger partial charge < -0.3 is 20.3 Å². The first-order valence-electron chi connectivity index (χ1n) is 10.8. The summed E-state index contributed by atoms with van der Waals surface area (Å²) in [6.07, 6.45) is 3.43. The number of hydrogen-bond acceptors (Lipinski definition) is 5. The highest BCUT2D eigenvalue weighted by Gasteiger charge is 2.40. The molecule has 2 amide bonds. The summed E-state index contributed by atoms with van der Waals surface area (Å²) in [7, 11) is 0. The Morgan fingerprint density at radius 2 is 1.94 bits per heavy atom. The largest absolute Gasteiger partial charge is 0.416 e. The molecule has 178 valence electrons. The first-order chi connectivity index (χ1) is 15.6. The van der Waals surface area contributed by atoms with Crippen molar-refractivity contribution >= 4 is 11.8 Å². The Hall–Kier alpha value is -2.92. The van der Waals surface area contributed by atoms with Gasteiger partial charge in [0.1, 0.15) is 5.72 Å². The van der Waals surface area contributed by atoms with E-state index in [9.17, 15) is 27.9 Å². The Balaban J connectivity index is 1.17. The number of nitrogens with one attached hydrogen (secondary N) is 2. The molecule has 0 radical (unpaired) electrons. The molecule has 1 aliphatic heterocycles. The van der Waals surface area contributed by atoms with E-state index >= 15 is 0 Å². The summed E-state index contributed by atoms with van der Waals surface area (Å²) in [4.78, 5) is 30.5. The van der Waals surface area contributed by atoms with Gasteiger partial charge in [0, 0.05) is 37.1 Å². The van der Waals surface area contributed by atoms with Crippen molar-refractivity contribution in [3.05, 3.63) is 54.1 Å². The van der Waals surface area contributed by atoms with Gasteiger partial charge in [-0.25, -0.2) is 4.98 Å². The molecule has 1 aromatic carbocycles. The molecule has 0 spiro atoms. The topological polar surface area (TPSA) is 99.5 Å². The van der Waals surface area contributed by atoms with Crippen LogP contribution in [-0.4, -0.2) is 63.1 Å². The zero-order chi connectivity index (χ0) is 23.6. The number of rotatable bonds is 6. The van der Waals surface area contributed by atoms with Gasteiger partial charge in [0.15, 0.2) is 0 Å². The molecule has 1 aliphatic carbocycles. The minimum Gasteiger partial charge on any atom is -0.370 e.